The Morgan fingerprint density at radius 3 is 2.50 bits per heavy atom. The Morgan fingerprint density at radius 1 is 1.06 bits per heavy atom. The van der Waals surface area contributed by atoms with Gasteiger partial charge in [-0.1, -0.05) is 41.4 Å². The molecule has 4 aromatic rings. The van der Waals surface area contributed by atoms with Crippen LogP contribution in [0, 0.1) is 6.92 Å². The van der Waals surface area contributed by atoms with Crippen LogP contribution in [0.1, 0.15) is 11.1 Å². The minimum atomic E-state index is -4.84. The van der Waals surface area contributed by atoms with Gasteiger partial charge in [0.2, 0.25) is 0 Å². The lowest BCUT2D eigenvalue weighted by molar-refractivity contribution is -0.137. The fourth-order valence-electron chi connectivity index (χ4n) is 3.19. The van der Waals surface area contributed by atoms with Gasteiger partial charge in [-0.2, -0.15) is 13.2 Å². The molecular weight excluding hydrogens is 514 g/mol. The van der Waals surface area contributed by atoms with Crippen molar-refractivity contribution < 1.29 is 21.6 Å². The predicted octanol–water partition coefficient (Wildman–Crippen LogP) is 5.76. The Bertz CT molecular complexity index is 1490. The highest BCUT2D eigenvalue weighted by Gasteiger charge is 2.34. The van der Waals surface area contributed by atoms with E-state index in [9.17, 15) is 21.6 Å². The Labute approximate surface area is 202 Å². The molecule has 1 N–H and O–H groups in total. The molecule has 34 heavy (non-hydrogen) atoms. The minimum absolute atomic E-state index is 0.0683. The normalized spacial score (nSPS) is 12.1. The van der Waals surface area contributed by atoms with Gasteiger partial charge in [0.25, 0.3) is 10.0 Å². The van der Waals surface area contributed by atoms with E-state index >= 15 is 0 Å². The number of sulfonamides is 1. The summed E-state index contributed by atoms with van der Waals surface area (Å²) in [6.45, 7) is 1.87. The van der Waals surface area contributed by atoms with Crippen LogP contribution in [0.4, 0.5) is 18.9 Å². The maximum absolute atomic E-state index is 13.2. The van der Waals surface area contributed by atoms with Crippen LogP contribution >= 0.6 is 23.2 Å². The lowest BCUT2D eigenvalue weighted by Crippen LogP contribution is -2.16. The average molecular weight is 528 g/mol. The predicted molar refractivity (Wildman–Crippen MR) is 122 cm³/mol. The number of anilines is 1. The van der Waals surface area contributed by atoms with E-state index in [4.69, 9.17) is 23.2 Å². The second-order valence-corrected chi connectivity index (χ2v) is 9.63. The van der Waals surface area contributed by atoms with E-state index in [1.807, 2.05) is 31.2 Å². The third-order valence-corrected chi connectivity index (χ3v) is 6.69. The molecule has 13 heteroatoms. The Kier molecular flexibility index (Phi) is 6.28. The molecule has 0 aliphatic heterocycles. The van der Waals surface area contributed by atoms with Gasteiger partial charge in [0.15, 0.2) is 5.82 Å². The molecule has 0 atom stereocenters. The van der Waals surface area contributed by atoms with Crippen molar-refractivity contribution in [1.82, 2.24) is 19.7 Å². The molecule has 0 aliphatic carbocycles. The molecule has 0 spiro atoms. The molecule has 176 valence electrons. The number of aromatic nitrogens is 4. The second-order valence-electron chi connectivity index (χ2n) is 7.11. The number of rotatable bonds is 5. The summed E-state index contributed by atoms with van der Waals surface area (Å²) in [7, 11) is -4.49. The van der Waals surface area contributed by atoms with Gasteiger partial charge in [0, 0.05) is 6.20 Å². The molecule has 0 fully saturated rings. The molecule has 4 rings (SSSR count). The Hall–Kier alpha value is -3.15. The first kappa shape index (κ1) is 24.0. The van der Waals surface area contributed by atoms with Crippen LogP contribution in [0.25, 0.3) is 17.2 Å². The van der Waals surface area contributed by atoms with Crippen LogP contribution < -0.4 is 4.72 Å². The Balaban J connectivity index is 1.80. The number of nitrogens with zero attached hydrogens (tertiary/aromatic N) is 4. The molecule has 7 nitrogen and oxygen atoms in total. The molecular formula is C21H14Cl2F3N5O2S. The summed E-state index contributed by atoms with van der Waals surface area (Å²) >= 11 is 11.6. The number of pyridine rings is 1. The van der Waals surface area contributed by atoms with Gasteiger partial charge < -0.3 is 0 Å². The maximum Gasteiger partial charge on any atom is 0.417 e. The molecule has 0 amide bonds. The van der Waals surface area contributed by atoms with Gasteiger partial charge in [0.1, 0.15) is 12.0 Å². The lowest BCUT2D eigenvalue weighted by Gasteiger charge is -2.15. The molecule has 0 bridgehead atoms. The summed E-state index contributed by atoms with van der Waals surface area (Å²) in [5.74, 6) is 0.191. The summed E-state index contributed by atoms with van der Waals surface area (Å²) in [6, 6.07) is 10.9. The summed E-state index contributed by atoms with van der Waals surface area (Å²) in [5, 5.41) is 7.44. The van der Waals surface area contributed by atoms with E-state index in [2.05, 4.69) is 19.9 Å². The van der Waals surface area contributed by atoms with Crippen molar-refractivity contribution in [1.29, 1.82) is 0 Å². The summed E-state index contributed by atoms with van der Waals surface area (Å²) in [4.78, 5) is 3.56. The van der Waals surface area contributed by atoms with E-state index in [1.54, 1.807) is 4.57 Å². The molecule has 2 heterocycles. The van der Waals surface area contributed by atoms with E-state index in [0.29, 0.717) is 6.07 Å². The number of hydrogen-bond donors (Lipinski definition) is 1. The third-order valence-electron chi connectivity index (χ3n) is 4.79. The van der Waals surface area contributed by atoms with E-state index in [0.717, 1.165) is 23.4 Å². The van der Waals surface area contributed by atoms with Crippen molar-refractivity contribution in [3.63, 3.8) is 0 Å². The van der Waals surface area contributed by atoms with E-state index in [1.165, 1.54) is 18.6 Å². The first-order valence-electron chi connectivity index (χ1n) is 9.49. The largest absolute Gasteiger partial charge is 0.417 e. The van der Waals surface area contributed by atoms with Crippen LogP contribution in [0.15, 0.2) is 66.0 Å². The number of hydrogen-bond acceptors (Lipinski definition) is 5. The van der Waals surface area contributed by atoms with Gasteiger partial charge in [-0.15, -0.1) is 10.2 Å². The number of nitrogens with one attached hydrogen (secondary N) is 1. The van der Waals surface area contributed by atoms with Gasteiger partial charge in [0.05, 0.1) is 31.9 Å². The molecule has 2 aromatic heterocycles. The quantitative estimate of drug-likeness (QED) is 0.356. The zero-order chi connectivity index (χ0) is 24.7. The van der Waals surface area contributed by atoms with Crippen LogP contribution in [0.3, 0.4) is 0 Å². The Morgan fingerprint density at radius 2 is 1.79 bits per heavy atom. The van der Waals surface area contributed by atoms with Crippen LogP contribution in [0.5, 0.6) is 0 Å². The molecule has 0 saturated heterocycles. The highest BCUT2D eigenvalue weighted by atomic mass is 35.5. The van der Waals surface area contributed by atoms with Crippen LogP contribution in [0.2, 0.25) is 10.0 Å². The lowest BCUT2D eigenvalue weighted by atomic mass is 10.2. The second kappa shape index (κ2) is 8.90. The SMILES string of the molecule is Cc1ccccc1-n1cnnc1-c1ncc(Cl)cc1NS(=O)(=O)c1ccc(Cl)c(C(F)(F)F)c1. The monoisotopic (exact) mass is 527 g/mol. The number of aryl methyl sites for hydroxylation is 1. The van der Waals surface area contributed by atoms with Gasteiger partial charge in [-0.25, -0.2) is 13.4 Å². The fourth-order valence-corrected chi connectivity index (χ4v) is 4.66. The third kappa shape index (κ3) is 4.72. The van der Waals surface area contributed by atoms with E-state index in [-0.39, 0.29) is 22.2 Å². The van der Waals surface area contributed by atoms with Gasteiger partial charge >= 0.3 is 6.18 Å². The smallest absolute Gasteiger partial charge is 0.280 e. The molecule has 0 radical (unpaired) electrons. The van der Waals surface area contributed by atoms with Crippen molar-refractivity contribution in [3.05, 3.63) is 82.2 Å². The standard InChI is InChI=1S/C21H14Cl2F3N5O2S/c1-12-4-2-3-5-18(12)31-11-28-29-20(31)19-17(8-13(22)10-27-19)30-34(32,33)14-6-7-16(23)15(9-14)21(24,25)26/h2-11,30H,1H3. The fraction of sp³-hybridized carbons (Fsp3) is 0.0952. The zero-order valence-electron chi connectivity index (χ0n) is 17.2. The van der Waals surface area contributed by atoms with Crippen molar-refractivity contribution in [2.24, 2.45) is 0 Å². The summed E-state index contributed by atoms with van der Waals surface area (Å²) in [5.41, 5.74) is 0.305. The summed E-state index contributed by atoms with van der Waals surface area (Å²) in [6.07, 6.45) is -2.12. The first-order chi connectivity index (χ1) is 16.0. The topological polar surface area (TPSA) is 89.8 Å². The highest BCUT2D eigenvalue weighted by Crippen LogP contribution is 2.37. The number of benzene rings is 2. The minimum Gasteiger partial charge on any atom is -0.280 e. The van der Waals surface area contributed by atoms with Crippen molar-refractivity contribution in [2.45, 2.75) is 18.0 Å². The zero-order valence-corrected chi connectivity index (χ0v) is 19.5. The maximum atomic E-state index is 13.2. The van der Waals surface area contributed by atoms with Crippen LogP contribution in [-0.2, 0) is 16.2 Å². The van der Waals surface area contributed by atoms with Crippen molar-refractivity contribution >= 4 is 38.9 Å². The van der Waals surface area contributed by atoms with Crippen molar-refractivity contribution in [3.8, 4) is 17.2 Å². The molecule has 0 aliphatic rings. The van der Waals surface area contributed by atoms with Crippen molar-refractivity contribution in [2.75, 3.05) is 4.72 Å². The van der Waals surface area contributed by atoms with Gasteiger partial charge in [-0.05, 0) is 42.8 Å². The highest BCUT2D eigenvalue weighted by molar-refractivity contribution is 7.92. The summed E-state index contributed by atoms with van der Waals surface area (Å²) < 4.78 is 69.6. The molecule has 0 unspecified atom stereocenters. The molecule has 0 saturated carbocycles. The number of halogens is 5. The first-order valence-corrected chi connectivity index (χ1v) is 11.7. The van der Waals surface area contributed by atoms with Crippen LogP contribution in [-0.4, -0.2) is 28.2 Å². The molecule has 2 aromatic carbocycles. The average Bonchev–Trinajstić information content (AvgIpc) is 3.22. The van der Waals surface area contributed by atoms with E-state index < -0.39 is 31.7 Å². The van der Waals surface area contributed by atoms with Gasteiger partial charge in [-0.3, -0.25) is 9.29 Å². The number of para-hydroxylation sites is 1. The number of alkyl halides is 3.